The van der Waals surface area contributed by atoms with Crippen molar-refractivity contribution >= 4 is 5.97 Å². The predicted octanol–water partition coefficient (Wildman–Crippen LogP) is 1.11. The molecule has 0 heterocycles. The Labute approximate surface area is 84.4 Å². The molecule has 4 heteroatoms. The number of carboxylic acids is 1. The van der Waals surface area contributed by atoms with Gasteiger partial charge < -0.3 is 5.11 Å². The van der Waals surface area contributed by atoms with Crippen molar-refractivity contribution in [3.05, 3.63) is 12.2 Å². The first kappa shape index (κ1) is 12.7. The van der Waals surface area contributed by atoms with E-state index in [1.54, 1.807) is 0 Å². The van der Waals surface area contributed by atoms with E-state index in [0.717, 1.165) is 6.54 Å². The van der Waals surface area contributed by atoms with Gasteiger partial charge in [0.2, 0.25) is 0 Å². The lowest BCUT2D eigenvalue weighted by atomic mass is 10.2. The molecule has 0 aliphatic heterocycles. The molecule has 1 unspecified atom stereocenters. The highest BCUT2D eigenvalue weighted by molar-refractivity contribution is 5.86. The number of nitrogens with zero attached hydrogens (tertiary/aromatic N) is 2. The Morgan fingerprint density at radius 3 is 2.64 bits per heavy atom. The molecule has 0 aromatic heterocycles. The van der Waals surface area contributed by atoms with Crippen LogP contribution in [0.3, 0.4) is 0 Å². The Balaban J connectivity index is 4.11. The largest absolute Gasteiger partial charge is 0.478 e. The van der Waals surface area contributed by atoms with Crippen LogP contribution in [0.15, 0.2) is 12.2 Å². The molecule has 0 bridgehead atoms. The summed E-state index contributed by atoms with van der Waals surface area (Å²) in [6.07, 6.45) is 0. The van der Waals surface area contributed by atoms with Gasteiger partial charge in [0.15, 0.2) is 0 Å². The topological polar surface area (TPSA) is 64.3 Å². The van der Waals surface area contributed by atoms with Crippen LogP contribution >= 0.6 is 0 Å². The third kappa shape index (κ3) is 4.63. The Morgan fingerprint density at radius 1 is 1.71 bits per heavy atom. The van der Waals surface area contributed by atoms with Crippen molar-refractivity contribution in [2.45, 2.75) is 13.8 Å². The molecule has 0 aromatic carbocycles. The second kappa shape index (κ2) is 6.17. The monoisotopic (exact) mass is 196 g/mol. The highest BCUT2D eigenvalue weighted by Crippen LogP contribution is 2.02. The minimum Gasteiger partial charge on any atom is -0.478 e. The molecule has 0 radical (unpaired) electrons. The first-order chi connectivity index (χ1) is 6.51. The Morgan fingerprint density at radius 2 is 2.29 bits per heavy atom. The number of nitriles is 1. The second-order valence-corrected chi connectivity index (χ2v) is 3.27. The van der Waals surface area contributed by atoms with Crippen molar-refractivity contribution in [1.29, 1.82) is 5.26 Å². The van der Waals surface area contributed by atoms with Gasteiger partial charge in [-0.15, -0.1) is 0 Å². The first-order valence-corrected chi connectivity index (χ1v) is 4.54. The van der Waals surface area contributed by atoms with E-state index in [0.29, 0.717) is 13.1 Å². The van der Waals surface area contributed by atoms with E-state index in [-0.39, 0.29) is 11.5 Å². The molecule has 0 saturated carbocycles. The molecule has 1 N–H and O–H groups in total. The van der Waals surface area contributed by atoms with E-state index in [1.165, 1.54) is 0 Å². The predicted molar refractivity (Wildman–Crippen MR) is 53.7 cm³/mol. The van der Waals surface area contributed by atoms with Crippen LogP contribution in [0.1, 0.15) is 13.8 Å². The number of rotatable bonds is 6. The average Bonchev–Trinajstić information content (AvgIpc) is 2.16. The Kier molecular flexibility index (Phi) is 5.58. The van der Waals surface area contributed by atoms with Crippen molar-refractivity contribution in [2.75, 3.05) is 19.6 Å². The summed E-state index contributed by atoms with van der Waals surface area (Å²) < 4.78 is 0. The van der Waals surface area contributed by atoms with E-state index in [4.69, 9.17) is 10.4 Å². The van der Waals surface area contributed by atoms with Gasteiger partial charge in [-0.25, -0.2) is 4.79 Å². The molecular weight excluding hydrogens is 180 g/mol. The van der Waals surface area contributed by atoms with Gasteiger partial charge in [-0.1, -0.05) is 13.5 Å². The van der Waals surface area contributed by atoms with Crippen molar-refractivity contribution in [2.24, 2.45) is 5.92 Å². The lowest BCUT2D eigenvalue weighted by Crippen LogP contribution is -2.31. The van der Waals surface area contributed by atoms with Crippen molar-refractivity contribution in [3.8, 4) is 6.07 Å². The molecule has 0 aliphatic carbocycles. The maximum Gasteiger partial charge on any atom is 0.332 e. The number of hydrogen-bond acceptors (Lipinski definition) is 3. The second-order valence-electron chi connectivity index (χ2n) is 3.27. The third-order valence-electron chi connectivity index (χ3n) is 1.92. The van der Waals surface area contributed by atoms with Crippen LogP contribution in [0.2, 0.25) is 0 Å². The van der Waals surface area contributed by atoms with Crippen LogP contribution in [-0.2, 0) is 4.79 Å². The van der Waals surface area contributed by atoms with E-state index >= 15 is 0 Å². The molecule has 0 spiro atoms. The summed E-state index contributed by atoms with van der Waals surface area (Å²) in [6, 6.07) is 2.11. The van der Waals surface area contributed by atoms with Gasteiger partial charge in [-0.05, 0) is 13.5 Å². The number of hydrogen-bond donors (Lipinski definition) is 1. The average molecular weight is 196 g/mol. The van der Waals surface area contributed by atoms with Crippen LogP contribution in [0, 0.1) is 17.2 Å². The van der Waals surface area contributed by atoms with Crippen LogP contribution in [-0.4, -0.2) is 35.6 Å². The lowest BCUT2D eigenvalue weighted by molar-refractivity contribution is -0.132. The molecule has 0 aliphatic rings. The molecule has 4 nitrogen and oxygen atoms in total. The first-order valence-electron chi connectivity index (χ1n) is 4.54. The van der Waals surface area contributed by atoms with Crippen LogP contribution in [0.4, 0.5) is 0 Å². The summed E-state index contributed by atoms with van der Waals surface area (Å²) in [7, 11) is 0. The fourth-order valence-electron chi connectivity index (χ4n) is 1.07. The molecule has 0 rings (SSSR count). The SMILES string of the molecule is C=C(CN(CC)CC(C)C#N)C(=O)O. The van der Waals surface area contributed by atoms with Gasteiger partial charge in [0.1, 0.15) is 0 Å². The zero-order valence-electron chi connectivity index (χ0n) is 8.66. The molecule has 0 aromatic rings. The minimum absolute atomic E-state index is 0.0865. The van der Waals surface area contributed by atoms with Gasteiger partial charge in [0.05, 0.1) is 12.0 Å². The van der Waals surface area contributed by atoms with E-state index in [9.17, 15) is 4.79 Å². The summed E-state index contributed by atoms with van der Waals surface area (Å²) in [4.78, 5) is 12.4. The third-order valence-corrected chi connectivity index (χ3v) is 1.92. The van der Waals surface area contributed by atoms with E-state index < -0.39 is 5.97 Å². The van der Waals surface area contributed by atoms with E-state index in [1.807, 2.05) is 18.7 Å². The Hall–Kier alpha value is -1.34. The fourth-order valence-corrected chi connectivity index (χ4v) is 1.07. The van der Waals surface area contributed by atoms with Crippen molar-refractivity contribution < 1.29 is 9.90 Å². The molecule has 0 saturated heterocycles. The lowest BCUT2D eigenvalue weighted by Gasteiger charge is -2.21. The maximum absolute atomic E-state index is 10.5. The highest BCUT2D eigenvalue weighted by Gasteiger charge is 2.12. The molecule has 0 fully saturated rings. The van der Waals surface area contributed by atoms with Crippen molar-refractivity contribution in [1.82, 2.24) is 4.90 Å². The molecule has 1 atom stereocenters. The summed E-state index contributed by atoms with van der Waals surface area (Å²) in [5.74, 6) is -1.07. The quantitative estimate of drug-likeness (QED) is 0.646. The van der Waals surface area contributed by atoms with Gasteiger partial charge in [-0.2, -0.15) is 5.26 Å². The Bertz CT molecular complexity index is 255. The van der Waals surface area contributed by atoms with Gasteiger partial charge >= 0.3 is 5.97 Å². The number of aliphatic carboxylic acids is 1. The minimum atomic E-state index is -0.979. The summed E-state index contributed by atoms with van der Waals surface area (Å²) >= 11 is 0. The summed E-state index contributed by atoms with van der Waals surface area (Å²) in [5.41, 5.74) is 0.164. The van der Waals surface area contributed by atoms with Crippen LogP contribution in [0.25, 0.3) is 0 Å². The normalized spacial score (nSPS) is 12.1. The van der Waals surface area contributed by atoms with Gasteiger partial charge in [0.25, 0.3) is 0 Å². The molecular formula is C10H16N2O2. The van der Waals surface area contributed by atoms with Crippen molar-refractivity contribution in [3.63, 3.8) is 0 Å². The van der Waals surface area contributed by atoms with Crippen LogP contribution < -0.4 is 0 Å². The standard InChI is InChI=1S/C10H16N2O2/c1-4-12(6-8(2)5-11)7-9(3)10(13)14/h8H,3-4,6-7H2,1-2H3,(H,13,14). The number of likely N-dealkylation sites (N-methyl/N-ethyl adjacent to an activating group) is 1. The number of carboxylic acid groups (broad SMARTS) is 1. The highest BCUT2D eigenvalue weighted by atomic mass is 16.4. The van der Waals surface area contributed by atoms with Gasteiger partial charge in [0, 0.05) is 18.7 Å². The number of carbonyl (C=O) groups is 1. The fraction of sp³-hybridized carbons (Fsp3) is 0.600. The van der Waals surface area contributed by atoms with Gasteiger partial charge in [-0.3, -0.25) is 4.90 Å². The zero-order chi connectivity index (χ0) is 11.1. The van der Waals surface area contributed by atoms with E-state index in [2.05, 4.69) is 12.6 Å². The smallest absolute Gasteiger partial charge is 0.332 e. The summed E-state index contributed by atoms with van der Waals surface area (Å²) in [5, 5.41) is 17.2. The zero-order valence-corrected chi connectivity index (χ0v) is 8.66. The molecule has 14 heavy (non-hydrogen) atoms. The molecule has 78 valence electrons. The maximum atomic E-state index is 10.5. The van der Waals surface area contributed by atoms with Crippen LogP contribution in [0.5, 0.6) is 0 Å². The molecule has 0 amide bonds. The summed E-state index contributed by atoms with van der Waals surface area (Å²) in [6.45, 7) is 8.81.